The lowest BCUT2D eigenvalue weighted by molar-refractivity contribution is -0.139. The molecule has 35 heavy (non-hydrogen) atoms. The van der Waals surface area contributed by atoms with Crippen LogP contribution in [0.3, 0.4) is 0 Å². The molecule has 0 radical (unpaired) electrons. The number of nitrogens with zero attached hydrogens (tertiary/aromatic N) is 3. The highest BCUT2D eigenvalue weighted by atomic mass is 35.5. The van der Waals surface area contributed by atoms with Crippen LogP contribution in [0.15, 0.2) is 66.8 Å². The van der Waals surface area contributed by atoms with Gasteiger partial charge in [0.05, 0.1) is 36.7 Å². The maximum atomic E-state index is 13.2. The van der Waals surface area contributed by atoms with Crippen molar-refractivity contribution in [1.82, 2.24) is 14.5 Å². The van der Waals surface area contributed by atoms with Crippen LogP contribution in [-0.4, -0.2) is 51.5 Å². The number of aromatic nitrogens is 2. The van der Waals surface area contributed by atoms with Crippen molar-refractivity contribution < 1.29 is 24.2 Å². The number of Topliss-reactive ketones (excluding diaryl/α,β-unsaturated/α-hetero) is 1. The first-order chi connectivity index (χ1) is 16.9. The van der Waals surface area contributed by atoms with Crippen LogP contribution in [0.2, 0.25) is 5.02 Å². The standard InChI is InChI=1S/C26H26ClN3O5/c1-3-35-19-8-5-17(6-9-19)23-22(24(31)18-7-10-21(34-2)20(27)15-18)25(32)26(33)30(23)13-4-12-29-14-11-28-16-29/h5-11,14-16,23,31H,3-4,12-13H2,1-2H3/t23-/m1/s1. The number of amides is 1. The lowest BCUT2D eigenvalue weighted by Crippen LogP contribution is -2.31. The Labute approximate surface area is 208 Å². The second-order valence-corrected chi connectivity index (χ2v) is 8.41. The molecule has 9 heteroatoms. The Morgan fingerprint density at radius 1 is 1.14 bits per heavy atom. The summed E-state index contributed by atoms with van der Waals surface area (Å²) in [4.78, 5) is 31.8. The zero-order valence-electron chi connectivity index (χ0n) is 19.5. The predicted molar refractivity (Wildman–Crippen MR) is 131 cm³/mol. The van der Waals surface area contributed by atoms with E-state index in [2.05, 4.69) is 4.98 Å². The summed E-state index contributed by atoms with van der Waals surface area (Å²) in [7, 11) is 1.49. The van der Waals surface area contributed by atoms with Gasteiger partial charge in [-0.05, 0) is 49.2 Å². The highest BCUT2D eigenvalue weighted by molar-refractivity contribution is 6.46. The van der Waals surface area contributed by atoms with Crippen molar-refractivity contribution in [2.45, 2.75) is 25.9 Å². The molecule has 8 nitrogen and oxygen atoms in total. The molecule has 4 rings (SSSR count). The van der Waals surface area contributed by atoms with E-state index in [1.807, 2.05) is 17.7 Å². The van der Waals surface area contributed by atoms with E-state index >= 15 is 0 Å². The zero-order valence-corrected chi connectivity index (χ0v) is 20.2. The molecule has 1 atom stereocenters. The van der Waals surface area contributed by atoms with Crippen LogP contribution in [0.4, 0.5) is 0 Å². The summed E-state index contributed by atoms with van der Waals surface area (Å²) in [6, 6.07) is 11.1. The Bertz CT molecular complexity index is 1240. The molecule has 0 unspecified atom stereocenters. The van der Waals surface area contributed by atoms with Gasteiger partial charge in [0.2, 0.25) is 0 Å². The number of aliphatic hydroxyl groups excluding tert-OH is 1. The van der Waals surface area contributed by atoms with Gasteiger partial charge in [0.15, 0.2) is 0 Å². The van der Waals surface area contributed by atoms with Crippen LogP contribution in [0, 0.1) is 0 Å². The van der Waals surface area contributed by atoms with Gasteiger partial charge in [0.25, 0.3) is 11.7 Å². The molecule has 1 fully saturated rings. The van der Waals surface area contributed by atoms with Gasteiger partial charge in [0.1, 0.15) is 17.3 Å². The number of halogens is 1. The van der Waals surface area contributed by atoms with Crippen LogP contribution < -0.4 is 9.47 Å². The van der Waals surface area contributed by atoms with Crippen molar-refractivity contribution in [3.63, 3.8) is 0 Å². The Kier molecular flexibility index (Phi) is 7.41. The van der Waals surface area contributed by atoms with E-state index in [-0.39, 0.29) is 16.4 Å². The minimum absolute atomic E-state index is 0.0167. The maximum Gasteiger partial charge on any atom is 0.295 e. The third kappa shape index (κ3) is 5.02. The summed E-state index contributed by atoms with van der Waals surface area (Å²) in [5.74, 6) is -0.572. The fourth-order valence-electron chi connectivity index (χ4n) is 4.18. The number of carbonyl (C=O) groups is 2. The molecule has 2 heterocycles. The Morgan fingerprint density at radius 2 is 1.91 bits per heavy atom. The Hall–Kier alpha value is -3.78. The molecule has 1 aromatic heterocycles. The summed E-state index contributed by atoms with van der Waals surface area (Å²) in [6.45, 7) is 3.36. The number of hydrogen-bond acceptors (Lipinski definition) is 6. The van der Waals surface area contributed by atoms with E-state index in [1.54, 1.807) is 48.9 Å². The molecule has 182 valence electrons. The van der Waals surface area contributed by atoms with E-state index < -0.39 is 17.7 Å². The van der Waals surface area contributed by atoms with Crippen LogP contribution in [0.25, 0.3) is 5.76 Å². The molecule has 1 aliphatic rings. The summed E-state index contributed by atoms with van der Waals surface area (Å²) in [5, 5.41) is 11.5. The first-order valence-electron chi connectivity index (χ1n) is 11.3. The largest absolute Gasteiger partial charge is 0.507 e. The van der Waals surface area contributed by atoms with Gasteiger partial charge >= 0.3 is 0 Å². The number of carbonyl (C=O) groups excluding carboxylic acids is 2. The molecule has 0 spiro atoms. The average Bonchev–Trinajstić information content (AvgIpc) is 3.46. The topological polar surface area (TPSA) is 93.9 Å². The van der Waals surface area contributed by atoms with Gasteiger partial charge in [-0.1, -0.05) is 23.7 Å². The fraction of sp³-hybridized carbons (Fsp3) is 0.269. The molecule has 1 aliphatic heterocycles. The monoisotopic (exact) mass is 495 g/mol. The first kappa shape index (κ1) is 24.3. The molecular formula is C26H26ClN3O5. The van der Waals surface area contributed by atoms with Gasteiger partial charge in [0, 0.05) is 31.0 Å². The first-order valence-corrected chi connectivity index (χ1v) is 11.6. The van der Waals surface area contributed by atoms with E-state index in [1.165, 1.54) is 18.1 Å². The molecule has 1 saturated heterocycles. The van der Waals surface area contributed by atoms with Crippen LogP contribution in [0.5, 0.6) is 11.5 Å². The number of imidazole rings is 1. The molecule has 0 aliphatic carbocycles. The summed E-state index contributed by atoms with van der Waals surface area (Å²) < 4.78 is 12.6. The fourth-order valence-corrected chi connectivity index (χ4v) is 4.44. The van der Waals surface area contributed by atoms with E-state index in [0.717, 1.165) is 0 Å². The van der Waals surface area contributed by atoms with Gasteiger partial charge in [-0.25, -0.2) is 4.98 Å². The number of ether oxygens (including phenoxy) is 2. The SMILES string of the molecule is CCOc1ccc([C@@H]2C(=C(O)c3ccc(OC)c(Cl)c3)C(=O)C(=O)N2CCCn2ccnc2)cc1. The van der Waals surface area contributed by atoms with Gasteiger partial charge in [-0.15, -0.1) is 0 Å². The van der Waals surface area contributed by atoms with Gasteiger partial charge < -0.3 is 24.0 Å². The van der Waals surface area contributed by atoms with Crippen LogP contribution >= 0.6 is 11.6 Å². The number of hydrogen-bond donors (Lipinski definition) is 1. The summed E-state index contributed by atoms with van der Waals surface area (Å²) >= 11 is 6.25. The zero-order chi connectivity index (χ0) is 24.9. The number of aryl methyl sites for hydroxylation is 1. The molecule has 1 N–H and O–H groups in total. The molecule has 3 aromatic rings. The summed E-state index contributed by atoms with van der Waals surface area (Å²) in [6.07, 6.45) is 5.83. The van der Waals surface area contributed by atoms with Crippen molar-refractivity contribution in [3.8, 4) is 11.5 Å². The summed E-state index contributed by atoms with van der Waals surface area (Å²) in [5.41, 5.74) is 1.03. The number of benzene rings is 2. The van der Waals surface area contributed by atoms with Crippen molar-refractivity contribution >= 4 is 29.1 Å². The number of likely N-dealkylation sites (tertiary alicyclic amines) is 1. The smallest absolute Gasteiger partial charge is 0.295 e. The van der Waals surface area contributed by atoms with Gasteiger partial charge in [-0.2, -0.15) is 0 Å². The van der Waals surface area contributed by atoms with Crippen LogP contribution in [0.1, 0.15) is 30.5 Å². The van der Waals surface area contributed by atoms with E-state index in [4.69, 9.17) is 21.1 Å². The Balaban J connectivity index is 1.73. The van der Waals surface area contributed by atoms with Gasteiger partial charge in [-0.3, -0.25) is 9.59 Å². The highest BCUT2D eigenvalue weighted by Crippen LogP contribution is 2.40. The number of methoxy groups -OCH3 is 1. The lowest BCUT2D eigenvalue weighted by Gasteiger charge is -2.25. The number of ketones is 1. The van der Waals surface area contributed by atoms with Crippen molar-refractivity contribution in [2.75, 3.05) is 20.3 Å². The second kappa shape index (κ2) is 10.7. The highest BCUT2D eigenvalue weighted by Gasteiger charge is 2.45. The third-order valence-electron chi connectivity index (χ3n) is 5.85. The Morgan fingerprint density at radius 3 is 2.54 bits per heavy atom. The van der Waals surface area contributed by atoms with E-state index in [9.17, 15) is 14.7 Å². The molecule has 2 aromatic carbocycles. The van der Waals surface area contributed by atoms with Crippen molar-refractivity contribution in [3.05, 3.63) is 82.9 Å². The quantitative estimate of drug-likeness (QED) is 0.268. The number of aliphatic hydroxyl groups is 1. The normalized spacial score (nSPS) is 17.1. The third-order valence-corrected chi connectivity index (χ3v) is 6.14. The molecule has 1 amide bonds. The lowest BCUT2D eigenvalue weighted by atomic mass is 9.95. The molecule has 0 saturated carbocycles. The minimum atomic E-state index is -0.755. The minimum Gasteiger partial charge on any atom is -0.507 e. The maximum absolute atomic E-state index is 13.2. The van der Waals surface area contributed by atoms with Crippen molar-refractivity contribution in [1.29, 1.82) is 0 Å². The predicted octanol–water partition coefficient (Wildman–Crippen LogP) is 4.46. The number of rotatable bonds is 9. The second-order valence-electron chi connectivity index (χ2n) is 8.00. The molecule has 0 bridgehead atoms. The van der Waals surface area contributed by atoms with Crippen LogP contribution in [-0.2, 0) is 16.1 Å². The molecular weight excluding hydrogens is 470 g/mol. The average molecular weight is 496 g/mol. The van der Waals surface area contributed by atoms with E-state index in [0.29, 0.717) is 48.7 Å². The van der Waals surface area contributed by atoms with Crippen molar-refractivity contribution in [2.24, 2.45) is 0 Å².